The van der Waals surface area contributed by atoms with Gasteiger partial charge in [-0.05, 0) is 6.42 Å². The van der Waals surface area contributed by atoms with Crippen molar-refractivity contribution in [3.63, 3.8) is 0 Å². The van der Waals surface area contributed by atoms with Gasteiger partial charge in [-0.2, -0.15) is 9.40 Å². The summed E-state index contributed by atoms with van der Waals surface area (Å²) in [5.74, 6) is 0. The molecule has 0 aliphatic heterocycles. The number of H-pyrrole nitrogens is 1. The van der Waals surface area contributed by atoms with Crippen LogP contribution in [0.25, 0.3) is 0 Å². The van der Waals surface area contributed by atoms with E-state index >= 15 is 0 Å². The van der Waals surface area contributed by atoms with Gasteiger partial charge in [-0.15, -0.1) is 0 Å². The minimum atomic E-state index is -3.53. The first-order chi connectivity index (χ1) is 9.39. The van der Waals surface area contributed by atoms with Crippen LogP contribution in [-0.4, -0.2) is 56.3 Å². The molecular weight excluding hydrogens is 280 g/mol. The molecule has 1 rings (SSSR count). The third kappa shape index (κ3) is 4.55. The zero-order valence-electron chi connectivity index (χ0n) is 12.5. The highest BCUT2D eigenvalue weighted by Gasteiger charge is 2.25. The fourth-order valence-corrected chi connectivity index (χ4v) is 2.98. The van der Waals surface area contributed by atoms with E-state index in [1.807, 2.05) is 13.8 Å². The van der Waals surface area contributed by atoms with Crippen LogP contribution < -0.4 is 5.32 Å². The number of methoxy groups -OCH3 is 1. The van der Waals surface area contributed by atoms with Crippen molar-refractivity contribution >= 4 is 10.0 Å². The van der Waals surface area contributed by atoms with Crippen LogP contribution in [0, 0.1) is 0 Å². The minimum Gasteiger partial charge on any atom is -0.385 e. The molecule has 0 amide bonds. The molecule has 0 bridgehead atoms. The van der Waals surface area contributed by atoms with Crippen LogP contribution in [0.5, 0.6) is 0 Å². The lowest BCUT2D eigenvalue weighted by Gasteiger charge is -2.17. The van der Waals surface area contributed by atoms with Gasteiger partial charge < -0.3 is 10.1 Å². The van der Waals surface area contributed by atoms with Crippen LogP contribution in [0.3, 0.4) is 0 Å². The highest BCUT2D eigenvalue weighted by molar-refractivity contribution is 7.89. The highest BCUT2D eigenvalue weighted by atomic mass is 32.2. The maximum atomic E-state index is 12.4. The molecule has 0 fully saturated rings. The molecule has 7 nitrogen and oxygen atoms in total. The van der Waals surface area contributed by atoms with Crippen molar-refractivity contribution in [2.45, 2.75) is 37.9 Å². The first-order valence-corrected chi connectivity index (χ1v) is 8.04. The Morgan fingerprint density at radius 3 is 2.80 bits per heavy atom. The Kier molecular flexibility index (Phi) is 6.60. The zero-order valence-corrected chi connectivity index (χ0v) is 13.3. The average Bonchev–Trinajstić information content (AvgIpc) is 2.85. The van der Waals surface area contributed by atoms with Crippen molar-refractivity contribution in [2.24, 2.45) is 0 Å². The third-order valence-electron chi connectivity index (χ3n) is 2.87. The summed E-state index contributed by atoms with van der Waals surface area (Å²) in [5, 5.41) is 9.79. The predicted molar refractivity (Wildman–Crippen MR) is 76.9 cm³/mol. The number of nitrogens with one attached hydrogen (secondary N) is 2. The van der Waals surface area contributed by atoms with Gasteiger partial charge in [-0.25, -0.2) is 8.42 Å². The normalized spacial score (nSPS) is 12.5. The standard InChI is InChI=1S/C12H24N4O3S/c1-10(2)13-8-11-9-14-15-12(11)20(17,18)16(3)6-5-7-19-4/h9-10,13H,5-8H2,1-4H3,(H,14,15). The second-order valence-electron chi connectivity index (χ2n) is 4.93. The number of hydrogen-bond acceptors (Lipinski definition) is 5. The SMILES string of the molecule is COCCCN(C)S(=O)(=O)c1[nH]ncc1CNC(C)C. The first-order valence-electron chi connectivity index (χ1n) is 6.60. The summed E-state index contributed by atoms with van der Waals surface area (Å²) < 4.78 is 31.1. The summed E-state index contributed by atoms with van der Waals surface area (Å²) in [5.41, 5.74) is 0.650. The Morgan fingerprint density at radius 2 is 2.20 bits per heavy atom. The maximum Gasteiger partial charge on any atom is 0.260 e. The number of aromatic nitrogens is 2. The van der Waals surface area contributed by atoms with Gasteiger partial charge in [0.25, 0.3) is 10.0 Å². The molecule has 1 aromatic heterocycles. The van der Waals surface area contributed by atoms with Gasteiger partial charge in [0.15, 0.2) is 5.03 Å². The molecule has 0 atom stereocenters. The molecule has 0 saturated heterocycles. The summed E-state index contributed by atoms with van der Waals surface area (Å²) in [6, 6.07) is 0.278. The fraction of sp³-hybridized carbons (Fsp3) is 0.750. The van der Waals surface area contributed by atoms with Crippen molar-refractivity contribution in [3.8, 4) is 0 Å². The average molecular weight is 304 g/mol. The smallest absolute Gasteiger partial charge is 0.260 e. The number of nitrogens with zero attached hydrogens (tertiary/aromatic N) is 2. The maximum absolute atomic E-state index is 12.4. The summed E-state index contributed by atoms with van der Waals surface area (Å²) >= 11 is 0. The van der Waals surface area contributed by atoms with Crippen molar-refractivity contribution < 1.29 is 13.2 Å². The molecule has 1 aromatic rings. The van der Waals surface area contributed by atoms with E-state index in [0.29, 0.717) is 31.7 Å². The number of hydrogen-bond donors (Lipinski definition) is 2. The summed E-state index contributed by atoms with van der Waals surface area (Å²) in [6.07, 6.45) is 2.20. The van der Waals surface area contributed by atoms with Crippen LogP contribution >= 0.6 is 0 Å². The molecule has 0 radical (unpaired) electrons. The second kappa shape index (κ2) is 7.72. The van der Waals surface area contributed by atoms with Gasteiger partial charge in [0, 0.05) is 45.5 Å². The fourth-order valence-electron chi connectivity index (χ4n) is 1.67. The number of rotatable bonds is 9. The number of sulfonamides is 1. The first kappa shape index (κ1) is 17.1. The van der Waals surface area contributed by atoms with Crippen molar-refractivity contribution in [2.75, 3.05) is 27.3 Å². The molecule has 0 aliphatic carbocycles. The van der Waals surface area contributed by atoms with E-state index in [4.69, 9.17) is 4.74 Å². The highest BCUT2D eigenvalue weighted by Crippen LogP contribution is 2.16. The van der Waals surface area contributed by atoms with Gasteiger partial charge in [0.2, 0.25) is 0 Å². The summed E-state index contributed by atoms with van der Waals surface area (Å²) in [7, 11) is -0.378. The summed E-state index contributed by atoms with van der Waals surface area (Å²) in [6.45, 7) is 5.42. The molecule has 0 aromatic carbocycles. The molecule has 8 heteroatoms. The van der Waals surface area contributed by atoms with Gasteiger partial charge in [0.05, 0.1) is 6.20 Å². The van der Waals surface area contributed by atoms with Crippen LogP contribution in [-0.2, 0) is 21.3 Å². The Labute approximate surface area is 120 Å². The topological polar surface area (TPSA) is 87.3 Å². The lowest BCUT2D eigenvalue weighted by molar-refractivity contribution is 0.189. The third-order valence-corrected chi connectivity index (χ3v) is 4.74. The molecule has 0 saturated carbocycles. The molecule has 2 N–H and O–H groups in total. The van der Waals surface area contributed by atoms with Gasteiger partial charge in [0.1, 0.15) is 0 Å². The van der Waals surface area contributed by atoms with E-state index in [-0.39, 0.29) is 11.1 Å². The van der Waals surface area contributed by atoms with Gasteiger partial charge >= 0.3 is 0 Å². The predicted octanol–water partition coefficient (Wildman–Crippen LogP) is 0.565. The van der Waals surface area contributed by atoms with Crippen LogP contribution in [0.2, 0.25) is 0 Å². The molecule has 20 heavy (non-hydrogen) atoms. The van der Waals surface area contributed by atoms with Crippen molar-refractivity contribution in [1.82, 2.24) is 19.8 Å². The molecule has 0 aliphatic rings. The Bertz CT molecular complexity index is 499. The minimum absolute atomic E-state index is 0.158. The van der Waals surface area contributed by atoms with Crippen LogP contribution in [0.15, 0.2) is 11.2 Å². The van der Waals surface area contributed by atoms with Gasteiger partial charge in [-0.3, -0.25) is 5.10 Å². The lowest BCUT2D eigenvalue weighted by atomic mass is 10.3. The Hall–Kier alpha value is -0.960. The Balaban J connectivity index is 2.79. The van der Waals surface area contributed by atoms with E-state index in [1.54, 1.807) is 20.4 Å². The van der Waals surface area contributed by atoms with Gasteiger partial charge in [-0.1, -0.05) is 13.8 Å². The molecule has 0 spiro atoms. The van der Waals surface area contributed by atoms with E-state index in [1.165, 1.54) is 4.31 Å². The van der Waals surface area contributed by atoms with Crippen LogP contribution in [0.4, 0.5) is 0 Å². The number of ether oxygens (including phenoxy) is 1. The van der Waals surface area contributed by atoms with E-state index in [2.05, 4.69) is 15.5 Å². The molecular formula is C12H24N4O3S. The quantitative estimate of drug-likeness (QED) is 0.651. The van der Waals surface area contributed by atoms with Crippen LogP contribution in [0.1, 0.15) is 25.8 Å². The second-order valence-corrected chi connectivity index (χ2v) is 6.91. The van der Waals surface area contributed by atoms with E-state index in [9.17, 15) is 8.42 Å². The molecule has 1 heterocycles. The molecule has 0 unspecified atom stereocenters. The monoisotopic (exact) mass is 304 g/mol. The summed E-state index contributed by atoms with van der Waals surface area (Å²) in [4.78, 5) is 0. The van der Waals surface area contributed by atoms with E-state index in [0.717, 1.165) is 0 Å². The Morgan fingerprint density at radius 1 is 1.50 bits per heavy atom. The zero-order chi connectivity index (χ0) is 15.2. The molecule has 116 valence electrons. The number of aromatic amines is 1. The lowest BCUT2D eigenvalue weighted by Crippen LogP contribution is -2.30. The van der Waals surface area contributed by atoms with Crippen molar-refractivity contribution in [1.29, 1.82) is 0 Å². The largest absolute Gasteiger partial charge is 0.385 e. The van der Waals surface area contributed by atoms with Crippen molar-refractivity contribution in [3.05, 3.63) is 11.8 Å². The van der Waals surface area contributed by atoms with E-state index < -0.39 is 10.0 Å².